The maximum atomic E-state index is 5.30. The minimum atomic E-state index is 0.585. The average molecular weight is 379 g/mol. The van der Waals surface area contributed by atoms with Gasteiger partial charge in [0.15, 0.2) is 0 Å². The van der Waals surface area contributed by atoms with Gasteiger partial charge in [-0.2, -0.15) is 0 Å². The van der Waals surface area contributed by atoms with Gasteiger partial charge in [0.2, 0.25) is 0 Å². The molecule has 104 valence electrons. The lowest BCUT2D eigenvalue weighted by molar-refractivity contribution is 0.370. The van der Waals surface area contributed by atoms with Gasteiger partial charge in [-0.15, -0.1) is 0 Å². The summed E-state index contributed by atoms with van der Waals surface area (Å²) < 4.78 is 6.58. The molecule has 2 aromatic rings. The molecule has 0 atom stereocenters. The van der Waals surface area contributed by atoms with E-state index in [-0.39, 0.29) is 0 Å². The van der Waals surface area contributed by atoms with Crippen LogP contribution in [0.25, 0.3) is 0 Å². The van der Waals surface area contributed by atoms with Gasteiger partial charge >= 0.3 is 0 Å². The number of benzene rings is 2. The number of nitrogens with one attached hydrogen (secondary N) is 1. The van der Waals surface area contributed by atoms with E-state index < -0.39 is 0 Å². The highest BCUT2D eigenvalue weighted by Gasteiger charge is 2.30. The molecular formula is C17H18INO. The fourth-order valence-electron chi connectivity index (χ4n) is 2.70. The number of para-hydroxylation sites is 1. The van der Waals surface area contributed by atoms with Crippen LogP contribution in [0.1, 0.15) is 24.3 Å². The first-order chi connectivity index (χ1) is 9.76. The molecule has 0 amide bonds. The van der Waals surface area contributed by atoms with Crippen LogP contribution in [0.15, 0.2) is 48.5 Å². The quantitative estimate of drug-likeness (QED) is 0.781. The Bertz CT molecular complexity index is 593. The molecular weight excluding hydrogens is 361 g/mol. The molecule has 20 heavy (non-hydrogen) atoms. The summed E-state index contributed by atoms with van der Waals surface area (Å²) in [6, 6.07) is 17.5. The number of halogens is 1. The summed E-state index contributed by atoms with van der Waals surface area (Å²) in [7, 11) is 1.72. The van der Waals surface area contributed by atoms with Gasteiger partial charge in [0.25, 0.3) is 0 Å². The highest BCUT2D eigenvalue weighted by Crippen LogP contribution is 2.39. The normalized spacial score (nSPS) is 21.1. The fraction of sp³-hybridized carbons (Fsp3) is 0.294. The Labute approximate surface area is 133 Å². The van der Waals surface area contributed by atoms with Gasteiger partial charge in [-0.3, -0.25) is 0 Å². The van der Waals surface area contributed by atoms with Crippen molar-refractivity contribution in [2.24, 2.45) is 0 Å². The molecule has 0 radical (unpaired) electrons. The lowest BCUT2D eigenvalue weighted by Gasteiger charge is -2.37. The topological polar surface area (TPSA) is 21.3 Å². The summed E-state index contributed by atoms with van der Waals surface area (Å²) >= 11 is 2.38. The molecule has 0 bridgehead atoms. The summed E-state index contributed by atoms with van der Waals surface area (Å²) in [6.45, 7) is 0. The van der Waals surface area contributed by atoms with E-state index in [9.17, 15) is 0 Å². The van der Waals surface area contributed by atoms with Crippen molar-refractivity contribution in [3.05, 3.63) is 57.7 Å². The van der Waals surface area contributed by atoms with Crippen LogP contribution in [0.2, 0.25) is 0 Å². The zero-order chi connectivity index (χ0) is 13.9. The first-order valence-electron chi connectivity index (χ1n) is 6.91. The van der Waals surface area contributed by atoms with E-state index in [0.717, 1.165) is 5.75 Å². The second kappa shape index (κ2) is 6.04. The minimum absolute atomic E-state index is 0.585. The fourth-order valence-corrected chi connectivity index (χ4v) is 3.24. The van der Waals surface area contributed by atoms with Crippen LogP contribution in [-0.2, 0) is 0 Å². The van der Waals surface area contributed by atoms with E-state index in [0.29, 0.717) is 12.0 Å². The predicted octanol–water partition coefficient (Wildman–Crippen LogP) is 4.66. The van der Waals surface area contributed by atoms with Crippen LogP contribution in [0, 0.1) is 3.57 Å². The number of ether oxygens (including phenoxy) is 1. The SMILES string of the molecule is COc1cccc(C2CC(Nc3ccccc3I)C2)c1. The van der Waals surface area contributed by atoms with E-state index in [4.69, 9.17) is 4.74 Å². The van der Waals surface area contributed by atoms with E-state index in [1.165, 1.54) is 27.7 Å². The molecule has 1 saturated carbocycles. The largest absolute Gasteiger partial charge is 0.497 e. The van der Waals surface area contributed by atoms with E-state index >= 15 is 0 Å². The van der Waals surface area contributed by atoms with Crippen molar-refractivity contribution in [3.8, 4) is 5.75 Å². The summed E-state index contributed by atoms with van der Waals surface area (Å²) in [4.78, 5) is 0. The Morgan fingerprint density at radius 3 is 2.65 bits per heavy atom. The molecule has 1 N–H and O–H groups in total. The summed E-state index contributed by atoms with van der Waals surface area (Å²) in [5, 5.41) is 3.64. The Hall–Kier alpha value is -1.23. The first-order valence-corrected chi connectivity index (χ1v) is 7.99. The zero-order valence-corrected chi connectivity index (χ0v) is 13.6. The molecule has 1 fully saturated rings. The third-order valence-corrected chi connectivity index (χ3v) is 4.88. The van der Waals surface area contributed by atoms with Gasteiger partial charge in [-0.1, -0.05) is 24.3 Å². The van der Waals surface area contributed by atoms with Gasteiger partial charge in [-0.05, 0) is 71.2 Å². The van der Waals surface area contributed by atoms with Gasteiger partial charge in [0.05, 0.1) is 7.11 Å². The molecule has 3 heteroatoms. The Balaban J connectivity index is 1.60. The lowest BCUT2D eigenvalue weighted by Crippen LogP contribution is -2.34. The smallest absolute Gasteiger partial charge is 0.119 e. The highest BCUT2D eigenvalue weighted by molar-refractivity contribution is 14.1. The van der Waals surface area contributed by atoms with Gasteiger partial charge in [0, 0.05) is 15.3 Å². The number of rotatable bonds is 4. The maximum Gasteiger partial charge on any atom is 0.119 e. The van der Waals surface area contributed by atoms with Gasteiger partial charge in [0.1, 0.15) is 5.75 Å². The molecule has 0 unspecified atom stereocenters. The standard InChI is InChI=1S/C17H18INO/c1-20-15-6-4-5-12(11-15)13-9-14(10-13)19-17-8-3-2-7-16(17)18/h2-8,11,13-14,19H,9-10H2,1H3. The molecule has 0 saturated heterocycles. The van der Waals surface area contributed by atoms with Crippen molar-refractivity contribution in [1.29, 1.82) is 0 Å². The zero-order valence-electron chi connectivity index (χ0n) is 11.5. The number of anilines is 1. The van der Waals surface area contributed by atoms with Crippen LogP contribution in [0.4, 0.5) is 5.69 Å². The maximum absolute atomic E-state index is 5.30. The van der Waals surface area contributed by atoms with Gasteiger partial charge in [-0.25, -0.2) is 0 Å². The van der Waals surface area contributed by atoms with E-state index in [2.05, 4.69) is 70.4 Å². The third kappa shape index (κ3) is 2.92. The molecule has 0 aromatic heterocycles. The van der Waals surface area contributed by atoms with Crippen LogP contribution in [0.3, 0.4) is 0 Å². The highest BCUT2D eigenvalue weighted by atomic mass is 127. The van der Waals surface area contributed by atoms with Crippen molar-refractivity contribution < 1.29 is 4.74 Å². The van der Waals surface area contributed by atoms with Crippen LogP contribution < -0.4 is 10.1 Å². The first kappa shape index (κ1) is 13.7. The van der Waals surface area contributed by atoms with Crippen molar-refractivity contribution in [2.45, 2.75) is 24.8 Å². The second-order valence-corrected chi connectivity index (χ2v) is 6.43. The van der Waals surface area contributed by atoms with Crippen LogP contribution >= 0.6 is 22.6 Å². The van der Waals surface area contributed by atoms with Crippen molar-refractivity contribution in [2.75, 3.05) is 12.4 Å². The molecule has 2 nitrogen and oxygen atoms in total. The summed E-state index contributed by atoms with van der Waals surface area (Å²) in [5.74, 6) is 1.61. The molecule has 0 aliphatic heterocycles. The third-order valence-electron chi connectivity index (χ3n) is 3.94. The van der Waals surface area contributed by atoms with Crippen molar-refractivity contribution >= 4 is 28.3 Å². The minimum Gasteiger partial charge on any atom is -0.497 e. The van der Waals surface area contributed by atoms with E-state index in [1.807, 2.05) is 6.07 Å². The molecule has 1 aliphatic rings. The van der Waals surface area contributed by atoms with E-state index in [1.54, 1.807) is 7.11 Å². The molecule has 3 rings (SSSR count). The van der Waals surface area contributed by atoms with Crippen LogP contribution in [0.5, 0.6) is 5.75 Å². The number of hydrogen-bond donors (Lipinski definition) is 1. The van der Waals surface area contributed by atoms with Crippen molar-refractivity contribution in [3.63, 3.8) is 0 Å². The molecule has 1 aliphatic carbocycles. The summed E-state index contributed by atoms with van der Waals surface area (Å²) in [5.41, 5.74) is 2.65. The predicted molar refractivity (Wildman–Crippen MR) is 91.5 cm³/mol. The Kier molecular flexibility index (Phi) is 4.15. The van der Waals surface area contributed by atoms with Crippen LogP contribution in [-0.4, -0.2) is 13.2 Å². The van der Waals surface area contributed by atoms with Crippen molar-refractivity contribution in [1.82, 2.24) is 0 Å². The second-order valence-electron chi connectivity index (χ2n) is 5.27. The Morgan fingerprint density at radius 2 is 1.90 bits per heavy atom. The molecule has 2 aromatic carbocycles. The lowest BCUT2D eigenvalue weighted by atomic mass is 9.76. The molecule has 0 heterocycles. The Morgan fingerprint density at radius 1 is 1.10 bits per heavy atom. The van der Waals surface area contributed by atoms with Gasteiger partial charge < -0.3 is 10.1 Å². The average Bonchev–Trinajstić information content (AvgIpc) is 2.44. The molecule has 0 spiro atoms. The number of hydrogen-bond acceptors (Lipinski definition) is 2. The number of methoxy groups -OCH3 is 1. The monoisotopic (exact) mass is 379 g/mol. The summed E-state index contributed by atoms with van der Waals surface area (Å²) in [6.07, 6.45) is 2.39.